The number of nitrogens with zero attached hydrogens (tertiary/aromatic N) is 5. The SMILES string of the molecule is CN1CCCN(c2ccc3cc(-c4cn5cccnc5n4)c(=O)oc3c2)CC1. The third-order valence-corrected chi connectivity index (χ3v) is 5.32. The van der Waals surface area contributed by atoms with Gasteiger partial charge in [0.15, 0.2) is 0 Å². The Morgan fingerprint density at radius 3 is 2.93 bits per heavy atom. The van der Waals surface area contributed by atoms with E-state index in [2.05, 4.69) is 32.9 Å². The van der Waals surface area contributed by atoms with Crippen LogP contribution in [0, 0.1) is 0 Å². The predicted octanol–water partition coefficient (Wildman–Crippen LogP) is 2.64. The summed E-state index contributed by atoms with van der Waals surface area (Å²) in [5.41, 5.74) is 2.32. The first-order chi connectivity index (χ1) is 13.7. The van der Waals surface area contributed by atoms with Gasteiger partial charge in [-0.1, -0.05) is 0 Å². The van der Waals surface area contributed by atoms with Crippen LogP contribution < -0.4 is 10.5 Å². The van der Waals surface area contributed by atoms with Crippen LogP contribution >= 0.6 is 0 Å². The topological polar surface area (TPSA) is 66.9 Å². The van der Waals surface area contributed by atoms with Gasteiger partial charge in [0.1, 0.15) is 5.58 Å². The summed E-state index contributed by atoms with van der Waals surface area (Å²) >= 11 is 0. The fraction of sp³-hybridized carbons (Fsp3) is 0.286. The molecule has 0 atom stereocenters. The lowest BCUT2D eigenvalue weighted by atomic mass is 10.1. The summed E-state index contributed by atoms with van der Waals surface area (Å²) in [6.45, 7) is 4.12. The molecule has 0 bridgehead atoms. The van der Waals surface area contributed by atoms with Gasteiger partial charge >= 0.3 is 5.63 Å². The number of hydrogen-bond acceptors (Lipinski definition) is 6. The van der Waals surface area contributed by atoms with E-state index in [1.54, 1.807) is 16.8 Å². The van der Waals surface area contributed by atoms with Crippen molar-refractivity contribution >= 4 is 22.4 Å². The molecule has 0 radical (unpaired) electrons. The number of fused-ring (bicyclic) bond motifs is 2. The van der Waals surface area contributed by atoms with E-state index in [4.69, 9.17) is 4.42 Å². The Morgan fingerprint density at radius 2 is 2.04 bits per heavy atom. The van der Waals surface area contributed by atoms with Crippen molar-refractivity contribution in [2.24, 2.45) is 0 Å². The zero-order valence-corrected chi connectivity index (χ0v) is 15.7. The number of likely N-dealkylation sites (N-methyl/N-ethyl adjacent to an activating group) is 1. The minimum absolute atomic E-state index is 0.386. The van der Waals surface area contributed by atoms with Gasteiger partial charge in [0.2, 0.25) is 5.78 Å². The van der Waals surface area contributed by atoms with E-state index in [9.17, 15) is 4.79 Å². The van der Waals surface area contributed by atoms with Crippen molar-refractivity contribution in [1.82, 2.24) is 19.3 Å². The van der Waals surface area contributed by atoms with Crippen LogP contribution in [0.2, 0.25) is 0 Å². The van der Waals surface area contributed by atoms with Gasteiger partial charge in [-0.05, 0) is 44.3 Å². The lowest BCUT2D eigenvalue weighted by Crippen LogP contribution is -2.28. The summed E-state index contributed by atoms with van der Waals surface area (Å²) in [7, 11) is 2.15. The first-order valence-electron chi connectivity index (χ1n) is 9.49. The van der Waals surface area contributed by atoms with Crippen molar-refractivity contribution in [2.45, 2.75) is 6.42 Å². The summed E-state index contributed by atoms with van der Waals surface area (Å²) in [5, 5.41) is 0.885. The minimum atomic E-state index is -0.386. The predicted molar refractivity (Wildman–Crippen MR) is 109 cm³/mol. The van der Waals surface area contributed by atoms with Crippen LogP contribution in [0.5, 0.6) is 0 Å². The van der Waals surface area contributed by atoms with E-state index in [1.807, 2.05) is 30.5 Å². The molecule has 1 aromatic carbocycles. The number of rotatable bonds is 2. The van der Waals surface area contributed by atoms with Crippen LogP contribution in [0.25, 0.3) is 28.0 Å². The minimum Gasteiger partial charge on any atom is -0.422 e. The summed E-state index contributed by atoms with van der Waals surface area (Å²) in [5.74, 6) is 0.554. The quantitative estimate of drug-likeness (QED) is 0.502. The first kappa shape index (κ1) is 16.9. The molecule has 5 rings (SSSR count). The number of anilines is 1. The molecule has 3 aromatic heterocycles. The Balaban J connectivity index is 1.53. The van der Waals surface area contributed by atoms with Gasteiger partial charge in [0, 0.05) is 55.4 Å². The number of benzene rings is 1. The van der Waals surface area contributed by atoms with Gasteiger partial charge in [0.05, 0.1) is 11.3 Å². The van der Waals surface area contributed by atoms with Crippen molar-refractivity contribution in [3.05, 3.63) is 59.3 Å². The smallest absolute Gasteiger partial charge is 0.345 e. The monoisotopic (exact) mass is 375 g/mol. The molecule has 0 amide bonds. The normalized spacial score (nSPS) is 16.0. The first-order valence-corrected chi connectivity index (χ1v) is 9.49. The molecule has 7 nitrogen and oxygen atoms in total. The maximum absolute atomic E-state index is 12.6. The van der Waals surface area contributed by atoms with E-state index in [1.165, 1.54) is 0 Å². The van der Waals surface area contributed by atoms with Gasteiger partial charge in [0.25, 0.3) is 0 Å². The van der Waals surface area contributed by atoms with Crippen molar-refractivity contribution in [3.63, 3.8) is 0 Å². The second-order valence-corrected chi connectivity index (χ2v) is 7.27. The maximum atomic E-state index is 12.6. The van der Waals surface area contributed by atoms with Crippen LogP contribution in [0.1, 0.15) is 6.42 Å². The number of hydrogen-bond donors (Lipinski definition) is 0. The largest absolute Gasteiger partial charge is 0.422 e. The van der Waals surface area contributed by atoms with Crippen LogP contribution in [-0.4, -0.2) is 52.5 Å². The fourth-order valence-electron chi connectivity index (χ4n) is 3.74. The highest BCUT2D eigenvalue weighted by molar-refractivity contribution is 5.84. The average molecular weight is 375 g/mol. The van der Waals surface area contributed by atoms with E-state index < -0.39 is 0 Å². The molecule has 1 saturated heterocycles. The van der Waals surface area contributed by atoms with E-state index in [0.717, 1.165) is 43.7 Å². The lowest BCUT2D eigenvalue weighted by Gasteiger charge is -2.22. The molecule has 0 N–H and O–H groups in total. The van der Waals surface area contributed by atoms with Crippen LogP contribution in [-0.2, 0) is 0 Å². The van der Waals surface area contributed by atoms with Crippen molar-refractivity contribution in [2.75, 3.05) is 38.1 Å². The number of aromatic nitrogens is 3. The molecule has 0 unspecified atom stereocenters. The van der Waals surface area contributed by atoms with Crippen LogP contribution in [0.4, 0.5) is 5.69 Å². The van der Waals surface area contributed by atoms with Crippen LogP contribution in [0.3, 0.4) is 0 Å². The molecular formula is C21H21N5O2. The maximum Gasteiger partial charge on any atom is 0.345 e. The van der Waals surface area contributed by atoms with Gasteiger partial charge in [-0.15, -0.1) is 0 Å². The molecule has 1 aliphatic rings. The third kappa shape index (κ3) is 3.03. The van der Waals surface area contributed by atoms with Gasteiger partial charge in [-0.25, -0.2) is 14.8 Å². The summed E-state index contributed by atoms with van der Waals surface area (Å²) in [6, 6.07) is 9.76. The van der Waals surface area contributed by atoms with Gasteiger partial charge in [-0.3, -0.25) is 4.40 Å². The van der Waals surface area contributed by atoms with Crippen molar-refractivity contribution in [3.8, 4) is 11.3 Å². The second-order valence-electron chi connectivity index (χ2n) is 7.27. The lowest BCUT2D eigenvalue weighted by molar-refractivity contribution is 0.360. The Bertz CT molecular complexity index is 1180. The molecule has 0 spiro atoms. The Kier molecular flexibility index (Phi) is 4.09. The highest BCUT2D eigenvalue weighted by Gasteiger charge is 2.15. The molecule has 0 aliphatic carbocycles. The number of imidazole rings is 1. The van der Waals surface area contributed by atoms with E-state index in [0.29, 0.717) is 22.6 Å². The molecule has 0 saturated carbocycles. The van der Waals surface area contributed by atoms with E-state index >= 15 is 0 Å². The Morgan fingerprint density at radius 1 is 1.11 bits per heavy atom. The molecular weight excluding hydrogens is 354 g/mol. The van der Waals surface area contributed by atoms with Gasteiger partial charge < -0.3 is 14.2 Å². The second kappa shape index (κ2) is 6.76. The van der Waals surface area contributed by atoms with Crippen molar-refractivity contribution in [1.29, 1.82) is 0 Å². The summed E-state index contributed by atoms with van der Waals surface area (Å²) < 4.78 is 7.45. The Hall–Kier alpha value is -3.19. The highest BCUT2D eigenvalue weighted by atomic mass is 16.4. The molecule has 4 aromatic rings. The van der Waals surface area contributed by atoms with E-state index in [-0.39, 0.29) is 5.63 Å². The third-order valence-electron chi connectivity index (χ3n) is 5.32. The fourth-order valence-corrected chi connectivity index (χ4v) is 3.74. The molecule has 1 fully saturated rings. The Labute approximate surface area is 161 Å². The average Bonchev–Trinajstić information content (AvgIpc) is 3.01. The molecule has 1 aliphatic heterocycles. The highest BCUT2D eigenvalue weighted by Crippen LogP contribution is 2.25. The van der Waals surface area contributed by atoms with Crippen LogP contribution in [0.15, 0.2) is 58.1 Å². The molecule has 28 heavy (non-hydrogen) atoms. The summed E-state index contributed by atoms with van der Waals surface area (Å²) in [4.78, 5) is 26.0. The van der Waals surface area contributed by atoms with Crippen molar-refractivity contribution < 1.29 is 4.42 Å². The summed E-state index contributed by atoms with van der Waals surface area (Å²) in [6.07, 6.45) is 6.45. The zero-order chi connectivity index (χ0) is 19.1. The molecule has 142 valence electrons. The zero-order valence-electron chi connectivity index (χ0n) is 15.7. The molecule has 7 heteroatoms. The van der Waals surface area contributed by atoms with Gasteiger partial charge in [-0.2, -0.15) is 0 Å². The molecule has 4 heterocycles. The standard InChI is InChI=1S/C21H21N5O2/c1-24-7-3-9-25(11-10-24)16-5-4-15-12-17(20(27)28-19(15)13-16)18-14-26-8-2-6-22-21(26)23-18/h2,4-6,8,12-14H,3,7,9-11H2,1H3.